The Morgan fingerprint density at radius 3 is 2.61 bits per heavy atom. The van der Waals surface area contributed by atoms with E-state index in [0.717, 1.165) is 5.75 Å². The molecule has 0 bridgehead atoms. The molecule has 1 atom stereocenters. The summed E-state index contributed by atoms with van der Waals surface area (Å²) in [6, 6.07) is 14.7. The molecule has 0 heterocycles. The second-order valence-corrected chi connectivity index (χ2v) is 6.32. The van der Waals surface area contributed by atoms with E-state index in [1.165, 1.54) is 20.3 Å². The van der Waals surface area contributed by atoms with E-state index in [9.17, 15) is 0 Å². The van der Waals surface area contributed by atoms with Crippen LogP contribution in [0.15, 0.2) is 42.5 Å². The first-order chi connectivity index (χ1) is 8.61. The highest BCUT2D eigenvalue weighted by Crippen LogP contribution is 2.37. The largest absolute Gasteiger partial charge is 0.496 e. The SMILES string of the molecule is COc1ccc(C)cc1C(Br)c1cccc(I)c1. The Balaban J connectivity index is 2.44. The molecule has 0 saturated heterocycles. The number of alkyl halides is 1. The highest BCUT2D eigenvalue weighted by atomic mass is 127. The van der Waals surface area contributed by atoms with Gasteiger partial charge in [0.15, 0.2) is 0 Å². The number of hydrogen-bond donors (Lipinski definition) is 0. The second kappa shape index (κ2) is 6.06. The first-order valence-electron chi connectivity index (χ1n) is 5.66. The summed E-state index contributed by atoms with van der Waals surface area (Å²) in [4.78, 5) is 0.155. The molecule has 0 amide bonds. The van der Waals surface area contributed by atoms with Crippen molar-refractivity contribution in [2.24, 2.45) is 0 Å². The third kappa shape index (κ3) is 3.06. The number of hydrogen-bond acceptors (Lipinski definition) is 1. The standard InChI is InChI=1S/C15H14BrIO/c1-10-6-7-14(18-2)13(8-10)15(16)11-4-3-5-12(17)9-11/h3-9,15H,1-2H3. The predicted octanol–water partition coefficient (Wildman–Crippen LogP) is 5.09. The Kier molecular flexibility index (Phi) is 4.67. The van der Waals surface area contributed by atoms with Crippen LogP contribution in [0.2, 0.25) is 0 Å². The number of aryl methyl sites for hydroxylation is 1. The Morgan fingerprint density at radius 2 is 1.94 bits per heavy atom. The van der Waals surface area contributed by atoms with E-state index in [4.69, 9.17) is 4.74 Å². The molecule has 0 spiro atoms. The summed E-state index contributed by atoms with van der Waals surface area (Å²) in [5, 5.41) is 0. The van der Waals surface area contributed by atoms with Gasteiger partial charge in [-0.2, -0.15) is 0 Å². The maximum atomic E-state index is 5.44. The van der Waals surface area contributed by atoms with Crippen LogP contribution < -0.4 is 4.74 Å². The zero-order valence-electron chi connectivity index (χ0n) is 10.3. The van der Waals surface area contributed by atoms with Crippen molar-refractivity contribution >= 4 is 38.5 Å². The third-order valence-corrected chi connectivity index (χ3v) is 4.49. The van der Waals surface area contributed by atoms with E-state index >= 15 is 0 Å². The maximum absolute atomic E-state index is 5.44. The molecule has 0 aliphatic carbocycles. The smallest absolute Gasteiger partial charge is 0.123 e. The molecule has 1 unspecified atom stereocenters. The van der Waals surface area contributed by atoms with Crippen LogP contribution in [0.1, 0.15) is 21.5 Å². The normalized spacial score (nSPS) is 12.2. The molecule has 1 nitrogen and oxygen atoms in total. The van der Waals surface area contributed by atoms with Crippen LogP contribution in [-0.4, -0.2) is 7.11 Å². The predicted molar refractivity (Wildman–Crippen MR) is 87.7 cm³/mol. The van der Waals surface area contributed by atoms with Crippen LogP contribution in [0.4, 0.5) is 0 Å². The minimum Gasteiger partial charge on any atom is -0.496 e. The fraction of sp³-hybridized carbons (Fsp3) is 0.200. The minimum absolute atomic E-state index is 0.155. The third-order valence-electron chi connectivity index (χ3n) is 2.80. The lowest BCUT2D eigenvalue weighted by Gasteiger charge is -2.15. The number of ether oxygens (including phenoxy) is 1. The quantitative estimate of drug-likeness (QED) is 0.500. The number of rotatable bonds is 3. The van der Waals surface area contributed by atoms with Crippen LogP contribution in [0.3, 0.4) is 0 Å². The van der Waals surface area contributed by atoms with Crippen molar-refractivity contribution in [1.82, 2.24) is 0 Å². The zero-order chi connectivity index (χ0) is 13.1. The Bertz CT molecular complexity index is 554. The summed E-state index contributed by atoms with van der Waals surface area (Å²) < 4.78 is 6.68. The second-order valence-electron chi connectivity index (χ2n) is 4.16. The molecule has 0 N–H and O–H groups in total. The average Bonchev–Trinajstić information content (AvgIpc) is 2.38. The molecule has 18 heavy (non-hydrogen) atoms. The van der Waals surface area contributed by atoms with Gasteiger partial charge in [0, 0.05) is 9.13 Å². The maximum Gasteiger partial charge on any atom is 0.123 e. The molecule has 2 rings (SSSR count). The van der Waals surface area contributed by atoms with Crippen LogP contribution in [0, 0.1) is 10.5 Å². The lowest BCUT2D eigenvalue weighted by molar-refractivity contribution is 0.410. The summed E-state index contributed by atoms with van der Waals surface area (Å²) in [5.74, 6) is 0.918. The summed E-state index contributed by atoms with van der Waals surface area (Å²) in [7, 11) is 1.71. The molecule has 0 radical (unpaired) electrons. The fourth-order valence-corrected chi connectivity index (χ4v) is 3.11. The summed E-state index contributed by atoms with van der Waals surface area (Å²) in [6.07, 6.45) is 0. The van der Waals surface area contributed by atoms with Gasteiger partial charge in [-0.25, -0.2) is 0 Å². The van der Waals surface area contributed by atoms with Gasteiger partial charge in [0.2, 0.25) is 0 Å². The van der Waals surface area contributed by atoms with Crippen molar-refractivity contribution < 1.29 is 4.74 Å². The summed E-state index contributed by atoms with van der Waals surface area (Å²) in [6.45, 7) is 2.09. The van der Waals surface area contributed by atoms with Gasteiger partial charge in [-0.15, -0.1) is 0 Å². The van der Waals surface area contributed by atoms with Crippen LogP contribution >= 0.6 is 38.5 Å². The van der Waals surface area contributed by atoms with Gasteiger partial charge < -0.3 is 4.74 Å². The molecule has 0 saturated carbocycles. The molecule has 3 heteroatoms. The summed E-state index contributed by atoms with van der Waals surface area (Å²) in [5.41, 5.74) is 3.64. The highest BCUT2D eigenvalue weighted by Gasteiger charge is 2.15. The van der Waals surface area contributed by atoms with Gasteiger partial charge in [-0.05, 0) is 53.3 Å². The minimum atomic E-state index is 0.155. The topological polar surface area (TPSA) is 9.23 Å². The van der Waals surface area contributed by atoms with E-state index in [1.54, 1.807) is 7.11 Å². The molecular weight excluding hydrogens is 403 g/mol. The van der Waals surface area contributed by atoms with E-state index in [0.29, 0.717) is 0 Å². The van der Waals surface area contributed by atoms with Crippen molar-refractivity contribution in [2.45, 2.75) is 11.8 Å². The molecule has 0 aliphatic heterocycles. The molecule has 94 valence electrons. The van der Waals surface area contributed by atoms with E-state index in [-0.39, 0.29) is 4.83 Å². The summed E-state index contributed by atoms with van der Waals surface area (Å²) >= 11 is 6.10. The van der Waals surface area contributed by atoms with Crippen molar-refractivity contribution in [3.05, 3.63) is 62.7 Å². The average molecular weight is 417 g/mol. The van der Waals surface area contributed by atoms with Gasteiger partial charge in [0.25, 0.3) is 0 Å². The Labute approximate surface area is 130 Å². The zero-order valence-corrected chi connectivity index (χ0v) is 14.0. The lowest BCUT2D eigenvalue weighted by Crippen LogP contribution is -1.98. The van der Waals surface area contributed by atoms with Gasteiger partial charge in [-0.1, -0.05) is 45.8 Å². The van der Waals surface area contributed by atoms with Gasteiger partial charge in [0.05, 0.1) is 11.9 Å². The van der Waals surface area contributed by atoms with Crippen LogP contribution in [0.25, 0.3) is 0 Å². The van der Waals surface area contributed by atoms with Crippen molar-refractivity contribution in [1.29, 1.82) is 0 Å². The van der Waals surface area contributed by atoms with Crippen molar-refractivity contribution in [3.63, 3.8) is 0 Å². The van der Waals surface area contributed by atoms with Crippen molar-refractivity contribution in [2.75, 3.05) is 7.11 Å². The molecule has 0 aliphatic rings. The highest BCUT2D eigenvalue weighted by molar-refractivity contribution is 14.1. The van der Waals surface area contributed by atoms with Gasteiger partial charge in [0.1, 0.15) is 5.75 Å². The van der Waals surface area contributed by atoms with Crippen LogP contribution in [0.5, 0.6) is 5.75 Å². The first kappa shape index (κ1) is 13.9. The molecule has 0 fully saturated rings. The Morgan fingerprint density at radius 1 is 1.17 bits per heavy atom. The van der Waals surface area contributed by atoms with E-state index in [2.05, 4.69) is 81.8 Å². The van der Waals surface area contributed by atoms with Gasteiger partial charge >= 0.3 is 0 Å². The van der Waals surface area contributed by atoms with E-state index in [1.807, 2.05) is 6.07 Å². The molecule has 2 aromatic rings. The fourth-order valence-electron chi connectivity index (χ4n) is 1.90. The van der Waals surface area contributed by atoms with Crippen molar-refractivity contribution in [3.8, 4) is 5.75 Å². The monoisotopic (exact) mass is 416 g/mol. The first-order valence-corrected chi connectivity index (χ1v) is 7.65. The van der Waals surface area contributed by atoms with Crippen LogP contribution in [-0.2, 0) is 0 Å². The molecule has 0 aromatic heterocycles. The number of halogens is 2. The number of methoxy groups -OCH3 is 1. The lowest BCUT2D eigenvalue weighted by atomic mass is 10.0. The molecule has 2 aromatic carbocycles. The van der Waals surface area contributed by atoms with Gasteiger partial charge in [-0.3, -0.25) is 0 Å². The number of benzene rings is 2. The molecular formula is C15H14BrIO. The Hall–Kier alpha value is -0.550. The van der Waals surface area contributed by atoms with E-state index < -0.39 is 0 Å².